The van der Waals surface area contributed by atoms with Crippen LogP contribution in [0.3, 0.4) is 0 Å². The highest BCUT2D eigenvalue weighted by atomic mass is 16.5. The normalized spacial score (nSPS) is 14.9. The smallest absolute Gasteiger partial charge is 0.338 e. The van der Waals surface area contributed by atoms with E-state index in [1.54, 1.807) is 30.0 Å². The van der Waals surface area contributed by atoms with Crippen molar-refractivity contribution in [3.63, 3.8) is 0 Å². The van der Waals surface area contributed by atoms with Crippen LogP contribution in [0.2, 0.25) is 0 Å². The van der Waals surface area contributed by atoms with Gasteiger partial charge in [-0.05, 0) is 48.1 Å². The lowest BCUT2D eigenvalue weighted by atomic mass is 9.91. The average Bonchev–Trinajstić information content (AvgIpc) is 3.00. The molecule has 4 aromatic carbocycles. The minimum atomic E-state index is -0.785. The second-order valence-corrected chi connectivity index (χ2v) is 9.97. The van der Waals surface area contributed by atoms with Gasteiger partial charge in [-0.25, -0.2) is 14.4 Å². The van der Waals surface area contributed by atoms with Crippen molar-refractivity contribution in [1.82, 2.24) is 10.2 Å². The molecule has 1 aliphatic rings. The second-order valence-electron chi connectivity index (χ2n) is 9.97. The van der Waals surface area contributed by atoms with Crippen LogP contribution in [0.1, 0.15) is 43.9 Å². The van der Waals surface area contributed by atoms with Gasteiger partial charge in [-0.3, -0.25) is 4.90 Å². The summed E-state index contributed by atoms with van der Waals surface area (Å²) in [6.07, 6.45) is 1.66. The zero-order valence-corrected chi connectivity index (χ0v) is 23.7. The van der Waals surface area contributed by atoms with Gasteiger partial charge in [0.15, 0.2) is 0 Å². The fourth-order valence-electron chi connectivity index (χ4n) is 5.18. The third-order valence-corrected chi connectivity index (χ3v) is 7.12. The number of rotatable bonds is 9. The van der Waals surface area contributed by atoms with Crippen LogP contribution < -0.4 is 16.0 Å². The van der Waals surface area contributed by atoms with Crippen molar-refractivity contribution in [3.8, 4) is 0 Å². The van der Waals surface area contributed by atoms with Gasteiger partial charge in [0.2, 0.25) is 0 Å². The Kier molecular flexibility index (Phi) is 8.82. The van der Waals surface area contributed by atoms with Gasteiger partial charge in [0.1, 0.15) is 0 Å². The summed E-state index contributed by atoms with van der Waals surface area (Å²) >= 11 is 0. The Morgan fingerprint density at radius 2 is 1.62 bits per heavy atom. The summed E-state index contributed by atoms with van der Waals surface area (Å²) in [7, 11) is 0. The monoisotopic (exact) mass is 562 g/mol. The van der Waals surface area contributed by atoms with Crippen LogP contribution in [-0.4, -0.2) is 36.1 Å². The van der Waals surface area contributed by atoms with Gasteiger partial charge >= 0.3 is 18.0 Å². The summed E-state index contributed by atoms with van der Waals surface area (Å²) in [6.45, 7) is 4.46. The number of hydrogen-bond acceptors (Lipinski definition) is 4. The summed E-state index contributed by atoms with van der Waals surface area (Å²) in [4.78, 5) is 41.7. The van der Waals surface area contributed by atoms with Crippen molar-refractivity contribution in [2.45, 2.75) is 32.7 Å². The van der Waals surface area contributed by atoms with E-state index in [2.05, 4.69) is 22.9 Å². The highest BCUT2D eigenvalue weighted by Gasteiger charge is 2.38. The molecule has 0 saturated heterocycles. The van der Waals surface area contributed by atoms with Crippen molar-refractivity contribution >= 4 is 45.9 Å². The molecule has 1 unspecified atom stereocenters. The van der Waals surface area contributed by atoms with Crippen LogP contribution in [-0.2, 0) is 9.53 Å². The van der Waals surface area contributed by atoms with Crippen molar-refractivity contribution < 1.29 is 19.1 Å². The van der Waals surface area contributed by atoms with Gasteiger partial charge in [0, 0.05) is 17.6 Å². The molecule has 0 fully saturated rings. The number of benzene rings is 4. The molecule has 0 aromatic heterocycles. The molecule has 8 nitrogen and oxygen atoms in total. The van der Waals surface area contributed by atoms with Crippen molar-refractivity contribution in [3.05, 3.63) is 114 Å². The molecule has 1 atom stereocenters. The van der Waals surface area contributed by atoms with E-state index >= 15 is 0 Å². The lowest BCUT2D eigenvalue weighted by Gasteiger charge is -2.37. The number of nitrogens with zero attached hydrogens (tertiary/aromatic N) is 1. The van der Waals surface area contributed by atoms with Crippen LogP contribution in [0.25, 0.3) is 16.5 Å². The number of ether oxygens (including phenoxy) is 1. The minimum absolute atomic E-state index is 0.190. The SMILES string of the molecule is CCCCN1C(=O)NC(c2cccc(NC(=O)Nc3cccc4ccccc34)c2)C(C(=O)OCC)=C1c1ccccc1. The number of anilines is 2. The fraction of sp³-hybridized carbons (Fsp3) is 0.206. The maximum atomic E-state index is 13.5. The minimum Gasteiger partial charge on any atom is -0.463 e. The van der Waals surface area contributed by atoms with Gasteiger partial charge in [0.05, 0.1) is 29.6 Å². The summed E-state index contributed by atoms with van der Waals surface area (Å²) in [5.74, 6) is -0.505. The van der Waals surface area contributed by atoms with E-state index in [-0.39, 0.29) is 12.6 Å². The molecule has 0 saturated carbocycles. The van der Waals surface area contributed by atoms with E-state index in [0.717, 1.165) is 29.2 Å². The fourth-order valence-corrected chi connectivity index (χ4v) is 5.18. The second kappa shape index (κ2) is 13.0. The van der Waals surface area contributed by atoms with Crippen molar-refractivity contribution in [2.24, 2.45) is 0 Å². The van der Waals surface area contributed by atoms with E-state index in [1.807, 2.05) is 78.9 Å². The lowest BCUT2D eigenvalue weighted by Crippen LogP contribution is -2.48. The molecule has 0 spiro atoms. The molecule has 4 amide bonds. The molecular weight excluding hydrogens is 528 g/mol. The summed E-state index contributed by atoms with van der Waals surface area (Å²) in [5, 5.41) is 10.8. The molecule has 3 N–H and O–H groups in total. The van der Waals surface area contributed by atoms with Gasteiger partial charge in [-0.15, -0.1) is 0 Å². The average molecular weight is 563 g/mol. The molecule has 214 valence electrons. The molecule has 1 aliphatic heterocycles. The van der Waals surface area contributed by atoms with E-state index in [9.17, 15) is 14.4 Å². The quantitative estimate of drug-likeness (QED) is 0.186. The molecule has 8 heteroatoms. The Balaban J connectivity index is 1.50. The molecule has 0 bridgehead atoms. The third kappa shape index (κ3) is 6.12. The number of hydrogen-bond donors (Lipinski definition) is 3. The lowest BCUT2D eigenvalue weighted by molar-refractivity contribution is -0.138. The van der Waals surface area contributed by atoms with Gasteiger partial charge in [-0.1, -0.05) is 92.2 Å². The Labute approximate surface area is 245 Å². The number of carbonyl (C=O) groups is 3. The maximum absolute atomic E-state index is 13.5. The molecule has 0 radical (unpaired) electrons. The van der Waals surface area contributed by atoms with E-state index < -0.39 is 18.0 Å². The number of urea groups is 2. The summed E-state index contributed by atoms with van der Waals surface area (Å²) in [6, 6.07) is 28.6. The topological polar surface area (TPSA) is 99.8 Å². The first-order valence-electron chi connectivity index (χ1n) is 14.2. The number of unbranched alkanes of at least 4 members (excludes halogenated alkanes) is 1. The highest BCUT2D eigenvalue weighted by molar-refractivity contribution is 6.07. The van der Waals surface area contributed by atoms with E-state index in [4.69, 9.17) is 4.74 Å². The van der Waals surface area contributed by atoms with Crippen LogP contribution in [0.5, 0.6) is 0 Å². The maximum Gasteiger partial charge on any atom is 0.338 e. The van der Waals surface area contributed by atoms with Crippen molar-refractivity contribution in [1.29, 1.82) is 0 Å². The van der Waals surface area contributed by atoms with Crippen LogP contribution >= 0.6 is 0 Å². The van der Waals surface area contributed by atoms with Gasteiger partial charge in [0.25, 0.3) is 0 Å². The highest BCUT2D eigenvalue weighted by Crippen LogP contribution is 2.37. The summed E-state index contributed by atoms with van der Waals surface area (Å²) < 4.78 is 5.51. The number of amides is 4. The number of fused-ring (bicyclic) bond motifs is 1. The number of esters is 1. The van der Waals surface area contributed by atoms with E-state index in [0.29, 0.717) is 34.8 Å². The molecule has 0 aliphatic carbocycles. The molecule has 4 aromatic rings. The Morgan fingerprint density at radius 3 is 2.40 bits per heavy atom. The molecule has 42 heavy (non-hydrogen) atoms. The summed E-state index contributed by atoms with van der Waals surface area (Å²) in [5.41, 5.74) is 3.46. The zero-order chi connectivity index (χ0) is 29.5. The van der Waals surface area contributed by atoms with Crippen LogP contribution in [0, 0.1) is 0 Å². The predicted octanol–water partition coefficient (Wildman–Crippen LogP) is 7.32. The Hall–Kier alpha value is -5.11. The van der Waals surface area contributed by atoms with Gasteiger partial charge in [-0.2, -0.15) is 0 Å². The van der Waals surface area contributed by atoms with Gasteiger partial charge < -0.3 is 20.7 Å². The molecule has 1 heterocycles. The van der Waals surface area contributed by atoms with Crippen molar-refractivity contribution in [2.75, 3.05) is 23.8 Å². The van der Waals surface area contributed by atoms with Crippen LogP contribution in [0.15, 0.2) is 103 Å². The predicted molar refractivity (Wildman–Crippen MR) is 166 cm³/mol. The third-order valence-electron chi connectivity index (χ3n) is 7.12. The van der Waals surface area contributed by atoms with Crippen LogP contribution in [0.4, 0.5) is 21.0 Å². The first-order chi connectivity index (χ1) is 20.5. The zero-order valence-electron chi connectivity index (χ0n) is 23.7. The first-order valence-corrected chi connectivity index (χ1v) is 14.2. The Bertz CT molecular complexity index is 1630. The standard InChI is InChI=1S/C34H34N4O4/c1-3-5-21-38-31(24-14-7-6-8-15-24)29(32(39)42-4-2)30(37-34(38)41)25-17-11-18-26(22-25)35-33(40)36-28-20-12-16-23-13-9-10-19-27(23)28/h6-20,22,30H,3-5,21H2,1-2H3,(H,37,41)(H2,35,36,40). The largest absolute Gasteiger partial charge is 0.463 e. The van der Waals surface area contributed by atoms with E-state index in [1.165, 1.54) is 0 Å². The Morgan fingerprint density at radius 1 is 0.881 bits per heavy atom. The molecular formula is C34H34N4O4. The molecule has 5 rings (SSSR count). The number of carbonyl (C=O) groups excluding carboxylic acids is 3. The number of nitrogens with one attached hydrogen (secondary N) is 3. The first kappa shape index (κ1) is 28.4.